The van der Waals surface area contributed by atoms with E-state index in [0.717, 1.165) is 4.47 Å². The summed E-state index contributed by atoms with van der Waals surface area (Å²) in [5.41, 5.74) is 0.570. The summed E-state index contributed by atoms with van der Waals surface area (Å²) in [6.45, 7) is 0.0517. The Morgan fingerprint density at radius 3 is 2.42 bits per heavy atom. The van der Waals surface area contributed by atoms with Crippen molar-refractivity contribution in [3.05, 3.63) is 64.4 Å². The van der Waals surface area contributed by atoms with Crippen molar-refractivity contribution in [2.75, 3.05) is 0 Å². The normalized spacial score (nSPS) is 11.5. The number of hydrogen-bond donors (Lipinski definition) is 1. The molecule has 3 nitrogen and oxygen atoms in total. The van der Waals surface area contributed by atoms with Gasteiger partial charge in [0.1, 0.15) is 5.82 Å². The zero-order valence-corrected chi connectivity index (χ0v) is 12.2. The van der Waals surface area contributed by atoms with Crippen LogP contribution in [0.5, 0.6) is 0 Å². The SMILES string of the molecule is O=S(=O)(NCc1cccc(F)c1)c1ccc(Br)cc1. The van der Waals surface area contributed by atoms with Gasteiger partial charge < -0.3 is 0 Å². The molecular weight excluding hydrogens is 333 g/mol. The second-order valence-electron chi connectivity index (χ2n) is 3.91. The molecule has 2 aromatic carbocycles. The molecule has 0 unspecified atom stereocenters. The van der Waals surface area contributed by atoms with E-state index in [4.69, 9.17) is 0 Å². The van der Waals surface area contributed by atoms with Gasteiger partial charge in [0, 0.05) is 11.0 Å². The average molecular weight is 344 g/mol. The van der Waals surface area contributed by atoms with E-state index in [0.29, 0.717) is 5.56 Å². The Bertz CT molecular complexity index is 671. The van der Waals surface area contributed by atoms with Gasteiger partial charge >= 0.3 is 0 Å². The molecule has 0 aliphatic carbocycles. The molecule has 0 atom stereocenters. The van der Waals surface area contributed by atoms with Gasteiger partial charge in [-0.05, 0) is 42.0 Å². The van der Waals surface area contributed by atoms with E-state index in [1.54, 1.807) is 24.3 Å². The van der Waals surface area contributed by atoms with Gasteiger partial charge in [-0.15, -0.1) is 0 Å². The first-order valence-electron chi connectivity index (χ1n) is 5.47. The van der Waals surface area contributed by atoms with Gasteiger partial charge in [-0.2, -0.15) is 0 Å². The monoisotopic (exact) mass is 343 g/mol. The van der Waals surface area contributed by atoms with Crippen molar-refractivity contribution < 1.29 is 12.8 Å². The molecule has 0 saturated heterocycles. The summed E-state index contributed by atoms with van der Waals surface area (Å²) in [7, 11) is -3.58. The van der Waals surface area contributed by atoms with E-state index >= 15 is 0 Å². The van der Waals surface area contributed by atoms with Gasteiger partial charge in [0.2, 0.25) is 10.0 Å². The van der Waals surface area contributed by atoms with Crippen LogP contribution in [-0.4, -0.2) is 8.42 Å². The highest BCUT2D eigenvalue weighted by molar-refractivity contribution is 9.10. The van der Waals surface area contributed by atoms with E-state index in [2.05, 4.69) is 20.7 Å². The van der Waals surface area contributed by atoms with Crippen LogP contribution in [0.25, 0.3) is 0 Å². The molecule has 2 aromatic rings. The molecule has 6 heteroatoms. The second kappa shape index (κ2) is 5.81. The van der Waals surface area contributed by atoms with Crippen LogP contribution in [0.15, 0.2) is 57.9 Å². The smallest absolute Gasteiger partial charge is 0.207 e. The highest BCUT2D eigenvalue weighted by atomic mass is 79.9. The van der Waals surface area contributed by atoms with E-state index in [9.17, 15) is 12.8 Å². The van der Waals surface area contributed by atoms with Crippen molar-refractivity contribution in [1.29, 1.82) is 0 Å². The molecule has 0 heterocycles. The fourth-order valence-electron chi connectivity index (χ4n) is 1.52. The van der Waals surface area contributed by atoms with Crippen molar-refractivity contribution in [2.45, 2.75) is 11.4 Å². The van der Waals surface area contributed by atoms with Crippen LogP contribution >= 0.6 is 15.9 Å². The van der Waals surface area contributed by atoms with Gasteiger partial charge in [-0.3, -0.25) is 0 Å². The van der Waals surface area contributed by atoms with Crippen LogP contribution in [0, 0.1) is 5.82 Å². The number of hydrogen-bond acceptors (Lipinski definition) is 2. The standard InChI is InChI=1S/C13H11BrFNO2S/c14-11-4-6-13(7-5-11)19(17,18)16-9-10-2-1-3-12(15)8-10/h1-8,16H,9H2. The maximum absolute atomic E-state index is 13.0. The minimum absolute atomic E-state index is 0.0517. The predicted molar refractivity (Wildman–Crippen MR) is 74.6 cm³/mol. The Kier molecular flexibility index (Phi) is 4.34. The highest BCUT2D eigenvalue weighted by Crippen LogP contribution is 2.15. The fourth-order valence-corrected chi connectivity index (χ4v) is 2.80. The third-order valence-electron chi connectivity index (χ3n) is 2.48. The minimum atomic E-state index is -3.58. The van der Waals surface area contributed by atoms with Gasteiger partial charge in [0.15, 0.2) is 0 Å². The molecule has 19 heavy (non-hydrogen) atoms. The van der Waals surface area contributed by atoms with E-state index in [-0.39, 0.29) is 17.3 Å². The molecule has 0 amide bonds. The highest BCUT2D eigenvalue weighted by Gasteiger charge is 2.13. The van der Waals surface area contributed by atoms with Crippen molar-refractivity contribution in [1.82, 2.24) is 4.72 Å². The van der Waals surface area contributed by atoms with Gasteiger partial charge in [-0.1, -0.05) is 28.1 Å². The summed E-state index contributed by atoms with van der Waals surface area (Å²) in [5, 5.41) is 0. The molecule has 0 spiro atoms. The van der Waals surface area contributed by atoms with E-state index in [1.165, 1.54) is 24.3 Å². The lowest BCUT2D eigenvalue weighted by Gasteiger charge is -2.07. The summed E-state index contributed by atoms with van der Waals surface area (Å²) < 4.78 is 40.2. The largest absolute Gasteiger partial charge is 0.240 e. The number of rotatable bonds is 4. The summed E-state index contributed by atoms with van der Waals surface area (Å²) in [4.78, 5) is 0.173. The average Bonchev–Trinajstić information content (AvgIpc) is 2.37. The van der Waals surface area contributed by atoms with Crippen molar-refractivity contribution in [3.8, 4) is 0 Å². The molecule has 0 aliphatic heterocycles. The van der Waals surface area contributed by atoms with Gasteiger partial charge in [0.25, 0.3) is 0 Å². The summed E-state index contributed by atoms with van der Waals surface area (Å²) >= 11 is 3.24. The first kappa shape index (κ1) is 14.2. The van der Waals surface area contributed by atoms with Crippen molar-refractivity contribution in [3.63, 3.8) is 0 Å². The minimum Gasteiger partial charge on any atom is -0.207 e. The molecule has 0 aromatic heterocycles. The number of halogens is 2. The van der Waals surface area contributed by atoms with Gasteiger partial charge in [-0.25, -0.2) is 17.5 Å². The molecule has 0 fully saturated rings. The maximum Gasteiger partial charge on any atom is 0.240 e. The number of nitrogens with one attached hydrogen (secondary N) is 1. The Morgan fingerprint density at radius 2 is 1.79 bits per heavy atom. The van der Waals surface area contributed by atoms with Crippen LogP contribution in [-0.2, 0) is 16.6 Å². The molecule has 0 saturated carbocycles. The molecule has 0 bridgehead atoms. The number of sulfonamides is 1. The first-order valence-corrected chi connectivity index (χ1v) is 7.75. The van der Waals surface area contributed by atoms with Crippen LogP contribution in [0.1, 0.15) is 5.56 Å². The van der Waals surface area contributed by atoms with Crippen LogP contribution < -0.4 is 4.72 Å². The molecule has 1 N–H and O–H groups in total. The molecule has 0 aliphatic rings. The number of benzene rings is 2. The van der Waals surface area contributed by atoms with Crippen molar-refractivity contribution >= 4 is 26.0 Å². The van der Waals surface area contributed by atoms with Crippen LogP contribution in [0.2, 0.25) is 0 Å². The van der Waals surface area contributed by atoms with E-state index in [1.807, 2.05) is 0 Å². The van der Waals surface area contributed by atoms with Crippen LogP contribution in [0.3, 0.4) is 0 Å². The zero-order chi connectivity index (χ0) is 13.9. The topological polar surface area (TPSA) is 46.2 Å². The van der Waals surface area contributed by atoms with Crippen LogP contribution in [0.4, 0.5) is 4.39 Å². The Labute approximate surface area is 119 Å². The maximum atomic E-state index is 13.0. The molecule has 100 valence electrons. The summed E-state index contributed by atoms with van der Waals surface area (Å²) in [6, 6.07) is 12.1. The lowest BCUT2D eigenvalue weighted by molar-refractivity contribution is 0.580. The third-order valence-corrected chi connectivity index (χ3v) is 4.43. The fraction of sp³-hybridized carbons (Fsp3) is 0.0769. The van der Waals surface area contributed by atoms with E-state index < -0.39 is 10.0 Å². The lowest BCUT2D eigenvalue weighted by Crippen LogP contribution is -2.23. The summed E-state index contributed by atoms with van der Waals surface area (Å²) in [5.74, 6) is -0.389. The van der Waals surface area contributed by atoms with Gasteiger partial charge in [0.05, 0.1) is 4.90 Å². The van der Waals surface area contributed by atoms with Crippen molar-refractivity contribution in [2.24, 2.45) is 0 Å². The Morgan fingerprint density at radius 1 is 1.11 bits per heavy atom. The first-order chi connectivity index (χ1) is 8.97. The molecule has 2 rings (SSSR count). The predicted octanol–water partition coefficient (Wildman–Crippen LogP) is 3.07. The quantitative estimate of drug-likeness (QED) is 0.927. The summed E-state index contributed by atoms with van der Waals surface area (Å²) in [6.07, 6.45) is 0. The lowest BCUT2D eigenvalue weighted by atomic mass is 10.2. The third kappa shape index (κ3) is 3.86. The Balaban J connectivity index is 2.12. The zero-order valence-electron chi connectivity index (χ0n) is 9.81. The Hall–Kier alpha value is -1.24. The second-order valence-corrected chi connectivity index (χ2v) is 6.59. The molecular formula is C13H11BrFNO2S. The molecule has 0 radical (unpaired) electrons.